The third-order valence-corrected chi connectivity index (χ3v) is 0.654. The van der Waals surface area contributed by atoms with Crippen LogP contribution < -0.4 is 5.73 Å². The minimum absolute atomic E-state index is 0. The summed E-state index contributed by atoms with van der Waals surface area (Å²) in [5, 5.41) is 0. The topological polar surface area (TPSA) is 35.2 Å². The second-order valence-corrected chi connectivity index (χ2v) is 1.49. The lowest BCUT2D eigenvalue weighted by Gasteiger charge is -2.10. The molecule has 9 heavy (non-hydrogen) atoms. The van der Waals surface area contributed by atoms with E-state index in [0.717, 1.165) is 0 Å². The van der Waals surface area contributed by atoms with E-state index in [1.165, 1.54) is 7.11 Å². The molecule has 0 amide bonds. The molecule has 2 nitrogen and oxygen atoms in total. The van der Waals surface area contributed by atoms with Crippen LogP contribution in [0.3, 0.4) is 0 Å². The average Bonchev–Trinajstić information content (AvgIpc) is 1.67. The molecule has 0 saturated heterocycles. The molecule has 0 aromatic heterocycles. The maximum Gasteiger partial charge on any atom is 0.282 e. The summed E-state index contributed by atoms with van der Waals surface area (Å²) in [7, 11) is 1.21. The molecule has 0 saturated carbocycles. The Morgan fingerprint density at radius 2 is 2.00 bits per heavy atom. The third kappa shape index (κ3) is 5.95. The summed E-state index contributed by atoms with van der Waals surface area (Å²) in [6.07, 6.45) is 0. The lowest BCUT2D eigenvalue weighted by molar-refractivity contribution is -0.0557. The Morgan fingerprint density at radius 1 is 1.56 bits per heavy atom. The first-order chi connectivity index (χ1) is 3.62. The summed E-state index contributed by atoms with van der Waals surface area (Å²) in [5.41, 5.74) is 4.66. The molecule has 0 spiro atoms. The van der Waals surface area contributed by atoms with Gasteiger partial charge in [0.25, 0.3) is 5.92 Å². The van der Waals surface area contributed by atoms with Gasteiger partial charge >= 0.3 is 0 Å². The van der Waals surface area contributed by atoms with E-state index >= 15 is 0 Å². The zero-order valence-electron chi connectivity index (χ0n) is 5.06. The molecule has 0 heterocycles. The molecule has 0 aromatic carbocycles. The van der Waals surface area contributed by atoms with Gasteiger partial charge in [-0.05, 0) is 0 Å². The number of alkyl halides is 2. The molecule has 0 bridgehead atoms. The van der Waals surface area contributed by atoms with Gasteiger partial charge in [0.15, 0.2) is 0 Å². The van der Waals surface area contributed by atoms with Crippen molar-refractivity contribution in [2.24, 2.45) is 5.73 Å². The normalized spacial score (nSPS) is 10.7. The van der Waals surface area contributed by atoms with E-state index in [1.54, 1.807) is 0 Å². The molecule has 0 atom stereocenters. The molecular formula is C4H10ClF2NO. The number of halogens is 3. The van der Waals surface area contributed by atoms with Crippen LogP contribution in [0.25, 0.3) is 0 Å². The van der Waals surface area contributed by atoms with Crippen LogP contribution in [0.15, 0.2) is 0 Å². The number of hydrogen-bond donors (Lipinski definition) is 1. The van der Waals surface area contributed by atoms with Crippen LogP contribution in [0.2, 0.25) is 0 Å². The fourth-order valence-corrected chi connectivity index (χ4v) is 0.270. The van der Waals surface area contributed by atoms with Gasteiger partial charge in [-0.2, -0.15) is 0 Å². The first-order valence-electron chi connectivity index (χ1n) is 2.19. The van der Waals surface area contributed by atoms with Crippen LogP contribution in [0.1, 0.15) is 0 Å². The summed E-state index contributed by atoms with van der Waals surface area (Å²) < 4.78 is 28.0. The molecule has 0 fully saturated rings. The minimum Gasteiger partial charge on any atom is -0.378 e. The Kier molecular flexibility index (Phi) is 6.44. The van der Waals surface area contributed by atoms with E-state index < -0.39 is 19.1 Å². The average molecular weight is 162 g/mol. The SMILES string of the molecule is COCC(F)(F)CN.Cl. The number of hydrogen-bond acceptors (Lipinski definition) is 2. The van der Waals surface area contributed by atoms with Crippen molar-refractivity contribution >= 4 is 12.4 Å². The standard InChI is InChI=1S/C4H9F2NO.ClH/c1-8-3-4(5,6)2-7;/h2-3,7H2,1H3;1H. The summed E-state index contributed by atoms with van der Waals surface area (Å²) in [6, 6.07) is 0. The maximum absolute atomic E-state index is 11.9. The van der Waals surface area contributed by atoms with E-state index in [9.17, 15) is 8.78 Å². The molecule has 58 valence electrons. The third-order valence-electron chi connectivity index (χ3n) is 0.654. The van der Waals surface area contributed by atoms with E-state index in [0.29, 0.717) is 0 Å². The van der Waals surface area contributed by atoms with E-state index in [1.807, 2.05) is 0 Å². The van der Waals surface area contributed by atoms with Crippen LogP contribution in [0.4, 0.5) is 8.78 Å². The van der Waals surface area contributed by atoms with Crippen molar-refractivity contribution in [3.63, 3.8) is 0 Å². The van der Waals surface area contributed by atoms with Crippen LogP contribution >= 0.6 is 12.4 Å². The van der Waals surface area contributed by atoms with Gasteiger partial charge in [0, 0.05) is 7.11 Å². The summed E-state index contributed by atoms with van der Waals surface area (Å²) in [4.78, 5) is 0. The van der Waals surface area contributed by atoms with Gasteiger partial charge in [0.1, 0.15) is 6.61 Å². The van der Waals surface area contributed by atoms with Crippen molar-refractivity contribution in [1.29, 1.82) is 0 Å². The Morgan fingerprint density at radius 3 is 2.11 bits per heavy atom. The van der Waals surface area contributed by atoms with Gasteiger partial charge < -0.3 is 10.5 Å². The molecule has 0 aliphatic heterocycles. The number of methoxy groups -OCH3 is 1. The van der Waals surface area contributed by atoms with Crippen molar-refractivity contribution in [2.45, 2.75) is 5.92 Å². The predicted octanol–water partition coefficient (Wildman–Crippen LogP) is 0.649. The fraction of sp³-hybridized carbons (Fsp3) is 1.00. The predicted molar refractivity (Wildman–Crippen MR) is 33.1 cm³/mol. The molecule has 0 aromatic rings. The summed E-state index contributed by atoms with van der Waals surface area (Å²) >= 11 is 0. The highest BCUT2D eigenvalue weighted by molar-refractivity contribution is 5.85. The molecule has 5 heteroatoms. The van der Waals surface area contributed by atoms with Gasteiger partial charge in [-0.1, -0.05) is 0 Å². The molecule has 0 aliphatic carbocycles. The Balaban J connectivity index is 0. The van der Waals surface area contributed by atoms with Crippen LogP contribution in [-0.2, 0) is 4.74 Å². The molecule has 0 rings (SSSR count). The van der Waals surface area contributed by atoms with Crippen molar-refractivity contribution in [3.05, 3.63) is 0 Å². The zero-order chi connectivity index (χ0) is 6.62. The van der Waals surface area contributed by atoms with Gasteiger partial charge in [-0.25, -0.2) is 8.78 Å². The molecular weight excluding hydrogens is 151 g/mol. The van der Waals surface area contributed by atoms with Crippen LogP contribution in [-0.4, -0.2) is 26.2 Å². The number of ether oxygens (including phenoxy) is 1. The highest BCUT2D eigenvalue weighted by atomic mass is 35.5. The smallest absolute Gasteiger partial charge is 0.282 e. The van der Waals surface area contributed by atoms with Crippen LogP contribution in [0.5, 0.6) is 0 Å². The molecule has 0 aliphatic rings. The zero-order valence-corrected chi connectivity index (χ0v) is 5.88. The van der Waals surface area contributed by atoms with Gasteiger partial charge in [-0.3, -0.25) is 0 Å². The first-order valence-corrected chi connectivity index (χ1v) is 2.19. The Hall–Kier alpha value is 0.0700. The Labute approximate surface area is 58.8 Å². The monoisotopic (exact) mass is 161 g/mol. The molecule has 0 unspecified atom stereocenters. The second kappa shape index (κ2) is 4.90. The maximum atomic E-state index is 11.9. The largest absolute Gasteiger partial charge is 0.378 e. The van der Waals surface area contributed by atoms with Crippen molar-refractivity contribution < 1.29 is 13.5 Å². The number of nitrogens with two attached hydrogens (primary N) is 1. The van der Waals surface area contributed by atoms with E-state index in [-0.39, 0.29) is 12.4 Å². The highest BCUT2D eigenvalue weighted by Crippen LogP contribution is 2.09. The van der Waals surface area contributed by atoms with Gasteiger partial charge in [0.2, 0.25) is 0 Å². The second-order valence-electron chi connectivity index (χ2n) is 1.49. The van der Waals surface area contributed by atoms with Crippen LogP contribution in [0, 0.1) is 0 Å². The van der Waals surface area contributed by atoms with Crippen molar-refractivity contribution in [3.8, 4) is 0 Å². The Bertz CT molecular complexity index is 71.6. The van der Waals surface area contributed by atoms with Crippen molar-refractivity contribution in [1.82, 2.24) is 0 Å². The lowest BCUT2D eigenvalue weighted by Crippen LogP contribution is -2.32. The van der Waals surface area contributed by atoms with Gasteiger partial charge in [0.05, 0.1) is 6.54 Å². The van der Waals surface area contributed by atoms with Gasteiger partial charge in [-0.15, -0.1) is 12.4 Å². The molecule has 0 radical (unpaired) electrons. The fourth-order valence-electron chi connectivity index (χ4n) is 0.270. The lowest BCUT2D eigenvalue weighted by atomic mass is 10.4. The molecule has 2 N–H and O–H groups in total. The summed E-state index contributed by atoms with van der Waals surface area (Å²) in [5.74, 6) is -2.85. The minimum atomic E-state index is -2.85. The van der Waals surface area contributed by atoms with Crippen molar-refractivity contribution in [2.75, 3.05) is 20.3 Å². The van der Waals surface area contributed by atoms with E-state index in [2.05, 4.69) is 10.5 Å². The quantitative estimate of drug-likeness (QED) is 0.660. The highest BCUT2D eigenvalue weighted by Gasteiger charge is 2.25. The first kappa shape index (κ1) is 11.8. The van der Waals surface area contributed by atoms with E-state index in [4.69, 9.17) is 0 Å². The summed E-state index contributed by atoms with van der Waals surface area (Å²) in [6.45, 7) is -1.25. The number of rotatable bonds is 3.